The molecule has 0 radical (unpaired) electrons. The standard InChI is InChI=1S/C17H24N8S/c1-13-22-23-16(24(13)2)12-20-17(18-8-7-15-5-4-10-26-15)19-11-14-6-9-21-25(14)3/h4-6,9-10H,7-8,11-12H2,1-3H3,(H2,18,19,20). The normalized spacial score (nSPS) is 11.7. The van der Waals surface area contributed by atoms with E-state index in [0.29, 0.717) is 13.1 Å². The molecular formula is C17H24N8S. The summed E-state index contributed by atoms with van der Waals surface area (Å²) in [5.41, 5.74) is 1.05. The minimum atomic E-state index is 0.558. The van der Waals surface area contributed by atoms with Crippen LogP contribution in [0, 0.1) is 6.92 Å². The fraction of sp³-hybridized carbons (Fsp3) is 0.412. The maximum absolute atomic E-state index is 4.68. The topological polar surface area (TPSA) is 85.0 Å². The number of guanidine groups is 1. The number of aryl methyl sites for hydroxylation is 2. The lowest BCUT2D eigenvalue weighted by Gasteiger charge is -2.12. The number of aromatic nitrogens is 5. The molecule has 3 rings (SSSR count). The quantitative estimate of drug-likeness (QED) is 0.484. The summed E-state index contributed by atoms with van der Waals surface area (Å²) in [7, 11) is 3.88. The molecule has 138 valence electrons. The van der Waals surface area contributed by atoms with Crippen molar-refractivity contribution in [1.29, 1.82) is 0 Å². The maximum Gasteiger partial charge on any atom is 0.192 e. The van der Waals surface area contributed by atoms with Gasteiger partial charge in [0.05, 0.1) is 18.8 Å². The van der Waals surface area contributed by atoms with E-state index in [2.05, 4.69) is 48.4 Å². The Morgan fingerprint density at radius 3 is 2.77 bits per heavy atom. The van der Waals surface area contributed by atoms with Gasteiger partial charge in [-0.3, -0.25) is 4.68 Å². The van der Waals surface area contributed by atoms with E-state index in [1.807, 2.05) is 36.3 Å². The molecule has 8 nitrogen and oxygen atoms in total. The van der Waals surface area contributed by atoms with Crippen molar-refractivity contribution in [3.05, 3.63) is 52.0 Å². The minimum absolute atomic E-state index is 0.558. The van der Waals surface area contributed by atoms with E-state index in [-0.39, 0.29) is 0 Å². The monoisotopic (exact) mass is 372 g/mol. The highest BCUT2D eigenvalue weighted by atomic mass is 32.1. The number of nitrogens with zero attached hydrogens (tertiary/aromatic N) is 6. The molecule has 0 spiro atoms. The molecule has 3 aromatic rings. The number of aliphatic imine (C=N–C) groups is 1. The van der Waals surface area contributed by atoms with Crippen LogP contribution in [-0.4, -0.2) is 37.0 Å². The Bertz CT molecular complexity index is 846. The van der Waals surface area contributed by atoms with Crippen LogP contribution in [0.25, 0.3) is 0 Å². The number of thiophene rings is 1. The first-order chi connectivity index (χ1) is 12.6. The Morgan fingerprint density at radius 2 is 2.12 bits per heavy atom. The van der Waals surface area contributed by atoms with E-state index in [0.717, 1.165) is 36.3 Å². The van der Waals surface area contributed by atoms with Gasteiger partial charge in [-0.15, -0.1) is 21.5 Å². The summed E-state index contributed by atoms with van der Waals surface area (Å²) in [6.45, 7) is 3.87. The van der Waals surface area contributed by atoms with Gasteiger partial charge in [0.1, 0.15) is 5.82 Å². The Balaban J connectivity index is 1.61. The van der Waals surface area contributed by atoms with Gasteiger partial charge in [0, 0.05) is 31.7 Å². The van der Waals surface area contributed by atoms with Crippen molar-refractivity contribution < 1.29 is 0 Å². The van der Waals surface area contributed by atoms with Crippen molar-refractivity contribution in [3.63, 3.8) is 0 Å². The maximum atomic E-state index is 4.68. The van der Waals surface area contributed by atoms with Gasteiger partial charge in [-0.2, -0.15) is 5.10 Å². The van der Waals surface area contributed by atoms with Crippen LogP contribution < -0.4 is 10.6 Å². The molecule has 3 aromatic heterocycles. The summed E-state index contributed by atoms with van der Waals surface area (Å²) in [6.07, 6.45) is 2.75. The van der Waals surface area contributed by atoms with Gasteiger partial charge in [-0.05, 0) is 30.9 Å². The Morgan fingerprint density at radius 1 is 1.23 bits per heavy atom. The predicted octanol–water partition coefficient (Wildman–Crippen LogP) is 1.40. The third-order valence-electron chi connectivity index (χ3n) is 4.16. The van der Waals surface area contributed by atoms with Crippen LogP contribution >= 0.6 is 11.3 Å². The molecular weight excluding hydrogens is 348 g/mol. The van der Waals surface area contributed by atoms with E-state index in [9.17, 15) is 0 Å². The van der Waals surface area contributed by atoms with Gasteiger partial charge in [0.25, 0.3) is 0 Å². The summed E-state index contributed by atoms with van der Waals surface area (Å²) in [4.78, 5) is 6.03. The summed E-state index contributed by atoms with van der Waals surface area (Å²) in [5, 5.41) is 21.3. The fourth-order valence-electron chi connectivity index (χ4n) is 2.42. The van der Waals surface area contributed by atoms with E-state index in [4.69, 9.17) is 0 Å². The third-order valence-corrected chi connectivity index (χ3v) is 5.10. The van der Waals surface area contributed by atoms with Crippen molar-refractivity contribution in [3.8, 4) is 0 Å². The first kappa shape index (κ1) is 18.1. The van der Waals surface area contributed by atoms with Gasteiger partial charge in [-0.1, -0.05) is 6.07 Å². The average molecular weight is 373 g/mol. The molecule has 2 N–H and O–H groups in total. The van der Waals surface area contributed by atoms with Crippen LogP contribution in [0.1, 0.15) is 22.2 Å². The molecule has 0 saturated heterocycles. The van der Waals surface area contributed by atoms with Crippen LogP contribution in [0.5, 0.6) is 0 Å². The van der Waals surface area contributed by atoms with Gasteiger partial charge >= 0.3 is 0 Å². The van der Waals surface area contributed by atoms with E-state index >= 15 is 0 Å². The molecule has 0 fully saturated rings. The van der Waals surface area contributed by atoms with E-state index in [1.54, 1.807) is 17.5 Å². The predicted molar refractivity (Wildman–Crippen MR) is 103 cm³/mol. The van der Waals surface area contributed by atoms with Crippen LogP contribution in [-0.2, 0) is 33.6 Å². The van der Waals surface area contributed by atoms with Crippen molar-refractivity contribution in [2.45, 2.75) is 26.4 Å². The molecule has 26 heavy (non-hydrogen) atoms. The second kappa shape index (κ2) is 8.61. The largest absolute Gasteiger partial charge is 0.356 e. The van der Waals surface area contributed by atoms with Crippen molar-refractivity contribution >= 4 is 17.3 Å². The first-order valence-electron chi connectivity index (χ1n) is 8.50. The van der Waals surface area contributed by atoms with Crippen molar-refractivity contribution in [2.24, 2.45) is 19.1 Å². The van der Waals surface area contributed by atoms with E-state index in [1.165, 1.54) is 4.88 Å². The van der Waals surface area contributed by atoms with Crippen molar-refractivity contribution in [1.82, 2.24) is 35.2 Å². The first-order valence-corrected chi connectivity index (χ1v) is 9.38. The highest BCUT2D eigenvalue weighted by molar-refractivity contribution is 7.09. The van der Waals surface area contributed by atoms with Crippen molar-refractivity contribution in [2.75, 3.05) is 6.54 Å². The molecule has 0 aliphatic heterocycles. The summed E-state index contributed by atoms with van der Waals surface area (Å²) >= 11 is 1.77. The third kappa shape index (κ3) is 4.69. The zero-order valence-electron chi connectivity index (χ0n) is 15.3. The van der Waals surface area contributed by atoms with Crippen LogP contribution in [0.2, 0.25) is 0 Å². The molecule has 0 unspecified atom stereocenters. The molecule has 0 aliphatic carbocycles. The number of rotatable bonds is 7. The summed E-state index contributed by atoms with van der Waals surface area (Å²) in [5.74, 6) is 2.51. The minimum Gasteiger partial charge on any atom is -0.356 e. The van der Waals surface area contributed by atoms with Gasteiger partial charge in [0.2, 0.25) is 0 Å². The molecule has 0 saturated carbocycles. The molecule has 0 atom stereocenters. The highest BCUT2D eigenvalue weighted by Crippen LogP contribution is 2.08. The van der Waals surface area contributed by atoms with E-state index < -0.39 is 0 Å². The van der Waals surface area contributed by atoms with Crippen LogP contribution in [0.3, 0.4) is 0 Å². The molecule has 0 amide bonds. The summed E-state index contributed by atoms with van der Waals surface area (Å²) in [6, 6.07) is 6.19. The smallest absolute Gasteiger partial charge is 0.192 e. The molecule has 9 heteroatoms. The SMILES string of the molecule is Cc1nnc(CNC(=NCc2ccnn2C)NCCc2cccs2)n1C. The fourth-order valence-corrected chi connectivity index (χ4v) is 3.13. The second-order valence-corrected chi connectivity index (χ2v) is 6.98. The van der Waals surface area contributed by atoms with Gasteiger partial charge in [-0.25, -0.2) is 4.99 Å². The van der Waals surface area contributed by atoms with Crippen LogP contribution in [0.15, 0.2) is 34.8 Å². The number of hydrogen-bond acceptors (Lipinski definition) is 5. The zero-order valence-corrected chi connectivity index (χ0v) is 16.1. The van der Waals surface area contributed by atoms with Crippen LogP contribution in [0.4, 0.5) is 0 Å². The molecule has 0 aromatic carbocycles. The lowest BCUT2D eigenvalue weighted by atomic mass is 10.3. The molecule has 3 heterocycles. The van der Waals surface area contributed by atoms with Gasteiger partial charge in [0.15, 0.2) is 11.8 Å². The lowest BCUT2D eigenvalue weighted by Crippen LogP contribution is -2.38. The number of nitrogens with one attached hydrogen (secondary N) is 2. The Hall–Kier alpha value is -2.68. The zero-order chi connectivity index (χ0) is 18.4. The molecule has 0 aliphatic rings. The lowest BCUT2D eigenvalue weighted by molar-refractivity contribution is 0.695. The van der Waals surface area contributed by atoms with Gasteiger partial charge < -0.3 is 15.2 Å². The average Bonchev–Trinajstić information content (AvgIpc) is 3.35. The Kier molecular flexibility index (Phi) is 6.00. The summed E-state index contributed by atoms with van der Waals surface area (Å²) < 4.78 is 3.80. The number of hydrogen-bond donors (Lipinski definition) is 2. The highest BCUT2D eigenvalue weighted by Gasteiger charge is 2.07. The Labute approximate surface area is 157 Å². The molecule has 0 bridgehead atoms. The second-order valence-electron chi connectivity index (χ2n) is 5.94.